The minimum atomic E-state index is -0.347. The molecule has 2 rings (SSSR count). The van der Waals surface area contributed by atoms with Crippen molar-refractivity contribution in [2.24, 2.45) is 17.8 Å². The Morgan fingerprint density at radius 3 is 1.64 bits per heavy atom. The van der Waals surface area contributed by atoms with E-state index in [2.05, 4.69) is 43.2 Å². The van der Waals surface area contributed by atoms with Gasteiger partial charge in [0.1, 0.15) is 7.06 Å². The van der Waals surface area contributed by atoms with Crippen molar-refractivity contribution < 1.29 is 28.7 Å². The molecule has 0 aromatic heterocycles. The summed E-state index contributed by atoms with van der Waals surface area (Å²) in [6, 6.07) is 20.2. The van der Waals surface area contributed by atoms with Gasteiger partial charge in [-0.15, -0.1) is 23.5 Å². The van der Waals surface area contributed by atoms with Gasteiger partial charge in [-0.25, -0.2) is 0 Å². The molecule has 0 radical (unpaired) electrons. The molecule has 0 heterocycles. The van der Waals surface area contributed by atoms with Gasteiger partial charge in [0.15, 0.2) is 0 Å². The Morgan fingerprint density at radius 2 is 1.20 bits per heavy atom. The molecule has 5 atom stereocenters. The molecular formula is C45H68N2O6S6. The van der Waals surface area contributed by atoms with Crippen LogP contribution in [0.5, 0.6) is 0 Å². The first-order chi connectivity index (χ1) is 28.2. The number of hydrogen-bond acceptors (Lipinski definition) is 12. The summed E-state index contributed by atoms with van der Waals surface area (Å²) in [4.78, 5) is 48.6. The van der Waals surface area contributed by atoms with Crippen molar-refractivity contribution >= 4 is 108 Å². The summed E-state index contributed by atoms with van der Waals surface area (Å²) in [5.41, 5.74) is 2.32. The minimum Gasteiger partial charge on any atom is -0.469 e. The number of carbonyl (C=O) groups excluding carboxylic acids is 4. The number of benzene rings is 2. The van der Waals surface area contributed by atoms with E-state index in [0.29, 0.717) is 25.8 Å². The van der Waals surface area contributed by atoms with Gasteiger partial charge in [0.2, 0.25) is 11.8 Å². The van der Waals surface area contributed by atoms with Crippen LogP contribution >= 0.6 is 71.5 Å². The zero-order chi connectivity index (χ0) is 44.6. The lowest BCUT2D eigenvalue weighted by molar-refractivity contribution is -0.146. The number of esters is 2. The second-order valence-corrected chi connectivity index (χ2v) is 21.0. The van der Waals surface area contributed by atoms with Crippen molar-refractivity contribution in [3.63, 3.8) is 0 Å². The third-order valence-corrected chi connectivity index (χ3v) is 14.3. The Hall–Kier alpha value is -2.36. The highest BCUT2D eigenvalue weighted by Crippen LogP contribution is 2.40. The fourth-order valence-corrected chi connectivity index (χ4v) is 11.0. The van der Waals surface area contributed by atoms with Crippen LogP contribution in [0.4, 0.5) is 0 Å². The number of thioether (sulfide) groups is 4. The van der Waals surface area contributed by atoms with E-state index in [1.807, 2.05) is 82.3 Å². The van der Waals surface area contributed by atoms with E-state index in [1.54, 1.807) is 42.2 Å². The fourth-order valence-electron chi connectivity index (χ4n) is 5.22. The van der Waals surface area contributed by atoms with Crippen LogP contribution in [0.25, 0.3) is 6.08 Å². The summed E-state index contributed by atoms with van der Waals surface area (Å²) in [6.45, 7) is 17.9. The average molecular weight is 925 g/mol. The van der Waals surface area contributed by atoms with E-state index in [1.165, 1.54) is 31.5 Å². The van der Waals surface area contributed by atoms with E-state index in [-0.39, 0.29) is 58.0 Å². The van der Waals surface area contributed by atoms with Crippen LogP contribution in [0.3, 0.4) is 0 Å². The molecule has 0 saturated heterocycles. The maximum atomic E-state index is 13.0. The van der Waals surface area contributed by atoms with Crippen LogP contribution in [0.1, 0.15) is 110 Å². The molecule has 330 valence electrons. The summed E-state index contributed by atoms with van der Waals surface area (Å²) < 4.78 is 11.3. The maximum absolute atomic E-state index is 13.0. The molecule has 0 aliphatic rings. The van der Waals surface area contributed by atoms with E-state index in [4.69, 9.17) is 33.9 Å². The molecular weight excluding hydrogens is 857 g/mol. The molecule has 5 unspecified atom stereocenters. The second kappa shape index (κ2) is 35.3. The first kappa shape index (κ1) is 56.6. The topological polar surface area (TPSA) is 111 Å². The van der Waals surface area contributed by atoms with Crippen molar-refractivity contribution in [2.75, 3.05) is 32.3 Å². The molecule has 0 aliphatic carbocycles. The summed E-state index contributed by atoms with van der Waals surface area (Å²) in [6.07, 6.45) is 7.84. The van der Waals surface area contributed by atoms with Crippen LogP contribution in [0.2, 0.25) is 0 Å². The lowest BCUT2D eigenvalue weighted by Crippen LogP contribution is -2.37. The number of hydrogen-bond donors (Lipinski definition) is 2. The van der Waals surface area contributed by atoms with Gasteiger partial charge in [0.25, 0.3) is 0 Å². The monoisotopic (exact) mass is 924 g/mol. The number of unbranched alkanes of at least 4 members (excludes halogenated alkanes) is 2. The van der Waals surface area contributed by atoms with Crippen molar-refractivity contribution in [1.82, 2.24) is 10.6 Å². The molecule has 0 aliphatic heterocycles. The molecule has 0 spiro atoms. The molecule has 8 nitrogen and oxygen atoms in total. The van der Waals surface area contributed by atoms with Crippen molar-refractivity contribution in [3.05, 3.63) is 78.4 Å². The zero-order valence-corrected chi connectivity index (χ0v) is 41.4. The first-order valence-corrected chi connectivity index (χ1v) is 24.8. The zero-order valence-electron chi connectivity index (χ0n) is 36.5. The second-order valence-electron chi connectivity index (χ2n) is 14.0. The number of nitrogens with one attached hydrogen (secondary N) is 2. The lowest BCUT2D eigenvalue weighted by atomic mass is 9.89. The van der Waals surface area contributed by atoms with Gasteiger partial charge in [-0.3, -0.25) is 19.2 Å². The first-order valence-electron chi connectivity index (χ1n) is 20.3. The number of thiocarbonyl (C=S) groups is 2. The van der Waals surface area contributed by atoms with Gasteiger partial charge in [-0.1, -0.05) is 162 Å². The van der Waals surface area contributed by atoms with Gasteiger partial charge in [-0.2, -0.15) is 0 Å². The molecule has 2 N–H and O–H groups in total. The number of methoxy groups -OCH3 is 2. The average Bonchev–Trinajstić information content (AvgIpc) is 3.23. The van der Waals surface area contributed by atoms with Gasteiger partial charge in [0, 0.05) is 23.8 Å². The highest BCUT2D eigenvalue weighted by molar-refractivity contribution is 8.47. The smallest absolute Gasteiger partial charge is 0.308 e. The molecule has 0 fully saturated rings. The predicted molar refractivity (Wildman–Crippen MR) is 266 cm³/mol. The fraction of sp³-hybridized carbons (Fsp3) is 0.556. The van der Waals surface area contributed by atoms with Crippen LogP contribution < -0.4 is 10.6 Å². The van der Waals surface area contributed by atoms with E-state index in [9.17, 15) is 19.2 Å². The predicted octanol–water partition coefficient (Wildman–Crippen LogP) is 11.6. The third-order valence-electron chi connectivity index (χ3n) is 8.48. The highest BCUT2D eigenvalue weighted by atomic mass is 32.2. The molecule has 0 saturated carbocycles. The van der Waals surface area contributed by atoms with E-state index in [0.717, 1.165) is 49.8 Å². The van der Waals surface area contributed by atoms with E-state index < -0.39 is 0 Å². The Labute approximate surface area is 383 Å². The Morgan fingerprint density at radius 1 is 0.712 bits per heavy atom. The molecule has 0 bridgehead atoms. The Kier molecular flexibility index (Phi) is 33.8. The number of ether oxygens (including phenoxy) is 2. The van der Waals surface area contributed by atoms with Crippen molar-refractivity contribution in [2.45, 2.75) is 110 Å². The van der Waals surface area contributed by atoms with Crippen molar-refractivity contribution in [3.8, 4) is 0 Å². The largest absolute Gasteiger partial charge is 0.469 e. The summed E-state index contributed by atoms with van der Waals surface area (Å²) in [5.74, 6) is 0.341. The van der Waals surface area contributed by atoms with Crippen LogP contribution in [0, 0.1) is 17.8 Å². The van der Waals surface area contributed by atoms with Crippen molar-refractivity contribution in [1.29, 1.82) is 0 Å². The molecule has 2 aromatic carbocycles. The summed E-state index contributed by atoms with van der Waals surface area (Å²) in [5, 5.41) is 5.53. The lowest BCUT2D eigenvalue weighted by Gasteiger charge is -2.25. The normalized spacial score (nSPS) is 13.1. The van der Waals surface area contributed by atoms with Gasteiger partial charge in [-0.05, 0) is 75.5 Å². The summed E-state index contributed by atoms with van der Waals surface area (Å²) >= 11 is 17.3. The quantitative estimate of drug-likeness (QED) is 0.0666. The molecule has 14 heteroatoms. The standard InChI is InChI=1S/C23H35NO3S3.C14H25NO3S3.C8H8/c1-6-7-13-29-23(28)30-20(18-11-9-8-10-12-18)15-19(21(25)24-16(2)3)14-17(4)22(26)27-5;1-5-7-8-20-14(19)21-11(12(16)15-6-2)9-10(3)13(17)18-4;1-2-8-6-4-3-5-7-8/h8-12,16-17,19-20H,6-7,13-15H2,1-5H3,(H,24,25);10-11H,5-9H2,1-4H3,(H,15,16);2-7H,1H2. The minimum absolute atomic E-state index is 0.0214. The third kappa shape index (κ3) is 27.3. The van der Waals surface area contributed by atoms with Crippen LogP contribution in [0.15, 0.2) is 67.2 Å². The molecule has 59 heavy (non-hydrogen) atoms. The van der Waals surface area contributed by atoms with E-state index >= 15 is 0 Å². The Bertz CT molecular complexity index is 1510. The van der Waals surface area contributed by atoms with Gasteiger partial charge >= 0.3 is 11.9 Å². The highest BCUT2D eigenvalue weighted by Gasteiger charge is 2.30. The van der Waals surface area contributed by atoms with Crippen LogP contribution in [-0.4, -0.2) is 74.4 Å². The summed E-state index contributed by atoms with van der Waals surface area (Å²) in [7, 11) is 2.74. The number of amides is 2. The van der Waals surface area contributed by atoms with Crippen LogP contribution in [-0.2, 0) is 28.7 Å². The van der Waals surface area contributed by atoms with Gasteiger partial charge < -0.3 is 20.1 Å². The number of rotatable bonds is 22. The SMILES string of the molecule is C=Cc1ccccc1.CCCCSC(=S)SC(CC(C)C(=O)OC)C(=O)NCC.CCCCSC(=S)SC(CC(CC(C)C(=O)OC)C(=O)NC(C)C)c1ccccc1. The maximum Gasteiger partial charge on any atom is 0.308 e. The molecule has 2 amide bonds. The molecule has 2 aromatic rings. The number of carbonyl (C=O) groups is 4. The Balaban J connectivity index is 0.000000996. The van der Waals surface area contributed by atoms with Gasteiger partial charge in [0.05, 0.1) is 31.3 Å².